The Morgan fingerprint density at radius 1 is 1.31 bits per heavy atom. The molecule has 0 aliphatic carbocycles. The number of ketones is 1. The monoisotopic (exact) mass is 440 g/mol. The number of nitrogens with zero attached hydrogens (tertiary/aromatic N) is 1. The number of amides is 2. The highest BCUT2D eigenvalue weighted by molar-refractivity contribution is 9.10. The zero-order valence-electron chi connectivity index (χ0n) is 14.3. The Kier molecular flexibility index (Phi) is 4.43. The van der Waals surface area contributed by atoms with Gasteiger partial charge in [-0.05, 0) is 39.0 Å². The van der Waals surface area contributed by atoms with Gasteiger partial charge in [-0.2, -0.15) is 0 Å². The van der Waals surface area contributed by atoms with E-state index in [-0.39, 0.29) is 0 Å². The van der Waals surface area contributed by atoms with E-state index in [9.17, 15) is 24.3 Å². The number of nitrogens with one attached hydrogen (secondary N) is 1. The Labute approximate surface area is 162 Å². The number of hydrogen-bond donors (Lipinski definition) is 2. The largest absolute Gasteiger partial charge is 0.480 e. The molecule has 2 fully saturated rings. The number of carbonyl (C=O) groups excluding carboxylic acids is 3. The minimum Gasteiger partial charge on any atom is -0.480 e. The second-order valence-corrected chi connectivity index (χ2v) is 9.51. The summed E-state index contributed by atoms with van der Waals surface area (Å²) in [5.41, 5.74) is -1.45. The summed E-state index contributed by atoms with van der Waals surface area (Å²) in [7, 11) is 0. The van der Waals surface area contributed by atoms with Gasteiger partial charge in [-0.3, -0.25) is 14.4 Å². The van der Waals surface area contributed by atoms with Crippen molar-refractivity contribution >= 4 is 51.3 Å². The number of hydrogen-bond acceptors (Lipinski definition) is 5. The number of thioether (sulfide) groups is 1. The predicted molar refractivity (Wildman–Crippen MR) is 98.7 cm³/mol. The van der Waals surface area contributed by atoms with Crippen molar-refractivity contribution in [1.82, 2.24) is 10.2 Å². The maximum atomic E-state index is 12.8. The highest BCUT2D eigenvalue weighted by atomic mass is 79.9. The summed E-state index contributed by atoms with van der Waals surface area (Å²) in [5, 5.41) is 11.3. The van der Waals surface area contributed by atoms with Gasteiger partial charge in [-0.15, -0.1) is 11.8 Å². The molecule has 2 aliphatic rings. The van der Waals surface area contributed by atoms with Gasteiger partial charge in [0.1, 0.15) is 11.4 Å². The molecular weight excluding hydrogens is 424 g/mol. The fourth-order valence-corrected chi connectivity index (χ4v) is 5.62. The number of carbonyl (C=O) groups is 4. The van der Waals surface area contributed by atoms with Crippen LogP contribution in [0, 0.1) is 0 Å². The van der Waals surface area contributed by atoms with E-state index in [4.69, 9.17) is 0 Å². The number of aliphatic carboxylic acids is 1. The molecule has 0 spiro atoms. The van der Waals surface area contributed by atoms with Crippen molar-refractivity contribution in [3.05, 3.63) is 34.3 Å². The molecule has 0 unspecified atom stereocenters. The van der Waals surface area contributed by atoms with Crippen LogP contribution in [0.15, 0.2) is 28.7 Å². The molecule has 0 radical (unpaired) electrons. The topological polar surface area (TPSA) is 104 Å². The third-order valence-electron chi connectivity index (χ3n) is 4.73. The lowest BCUT2D eigenvalue weighted by molar-refractivity contribution is -0.170. The number of halogens is 1. The first-order valence-corrected chi connectivity index (χ1v) is 9.52. The molecule has 2 aliphatic heterocycles. The standard InChI is InChI=1S/C17H17BrN2O5S/c1-8(21)17(19-12(22)9-5-4-6-10(18)7-9)14(25)20-11(13(23)24)16(2,3)26-15(17)20/h4-7,11,15H,1-3H3,(H,19,22)(H,23,24)/t11-,15+,17-/m0/s1. The van der Waals surface area contributed by atoms with Crippen LogP contribution in [0.25, 0.3) is 0 Å². The molecule has 3 atom stereocenters. The average molecular weight is 441 g/mol. The van der Waals surface area contributed by atoms with Crippen molar-refractivity contribution in [2.45, 2.75) is 42.5 Å². The number of carboxylic acids is 1. The van der Waals surface area contributed by atoms with Gasteiger partial charge in [-0.1, -0.05) is 22.0 Å². The second kappa shape index (κ2) is 6.09. The van der Waals surface area contributed by atoms with Gasteiger partial charge >= 0.3 is 5.97 Å². The van der Waals surface area contributed by atoms with Crippen LogP contribution < -0.4 is 5.32 Å². The SMILES string of the molecule is CC(=O)[C@]1(NC(=O)c2cccc(Br)c2)C(=O)N2[C@@H](C(=O)O)C(C)(C)S[C@@H]21. The lowest BCUT2D eigenvalue weighted by Gasteiger charge is -2.51. The first-order valence-electron chi connectivity index (χ1n) is 7.85. The van der Waals surface area contributed by atoms with Crippen LogP contribution in [0.2, 0.25) is 0 Å². The lowest BCUT2D eigenvalue weighted by atomic mass is 9.81. The lowest BCUT2D eigenvalue weighted by Crippen LogP contribution is -2.82. The van der Waals surface area contributed by atoms with Crippen LogP contribution in [-0.2, 0) is 14.4 Å². The Balaban J connectivity index is 1.96. The number of rotatable bonds is 4. The van der Waals surface area contributed by atoms with E-state index in [2.05, 4.69) is 21.2 Å². The van der Waals surface area contributed by atoms with E-state index in [1.807, 2.05) is 0 Å². The molecule has 2 heterocycles. The summed E-state index contributed by atoms with van der Waals surface area (Å²) in [5.74, 6) is -2.88. The number of Topliss-reactive ketones (excluding diaryl/α,β-unsaturated/α-hetero) is 1. The minimum absolute atomic E-state index is 0.295. The highest BCUT2D eigenvalue weighted by Crippen LogP contribution is 2.55. The molecular formula is C17H17BrN2O5S. The summed E-state index contributed by atoms with van der Waals surface area (Å²) >= 11 is 4.49. The van der Waals surface area contributed by atoms with Gasteiger partial charge in [0.25, 0.3) is 11.8 Å². The molecule has 2 saturated heterocycles. The van der Waals surface area contributed by atoms with Crippen LogP contribution in [0.5, 0.6) is 0 Å². The molecule has 138 valence electrons. The summed E-state index contributed by atoms with van der Waals surface area (Å²) in [6.45, 7) is 4.66. The van der Waals surface area contributed by atoms with E-state index in [0.29, 0.717) is 10.0 Å². The second-order valence-electron chi connectivity index (χ2n) is 6.86. The molecule has 0 bridgehead atoms. The van der Waals surface area contributed by atoms with Crippen molar-refractivity contribution < 1.29 is 24.3 Å². The summed E-state index contributed by atoms with van der Waals surface area (Å²) in [4.78, 5) is 50.7. The zero-order valence-corrected chi connectivity index (χ0v) is 16.7. The maximum Gasteiger partial charge on any atom is 0.327 e. The summed E-state index contributed by atoms with van der Waals surface area (Å²) < 4.78 is -0.102. The van der Waals surface area contributed by atoms with E-state index < -0.39 is 45.3 Å². The third kappa shape index (κ3) is 2.56. The number of benzene rings is 1. The van der Waals surface area contributed by atoms with Crippen LogP contribution in [0.3, 0.4) is 0 Å². The number of β-lactam (4-membered cyclic amide) rings is 1. The van der Waals surface area contributed by atoms with Gasteiger partial charge in [0.05, 0.1) is 0 Å². The van der Waals surface area contributed by atoms with Crippen LogP contribution in [0.1, 0.15) is 31.1 Å². The van der Waals surface area contributed by atoms with Crippen molar-refractivity contribution in [2.24, 2.45) is 0 Å². The molecule has 7 nitrogen and oxygen atoms in total. The van der Waals surface area contributed by atoms with E-state index in [0.717, 1.165) is 0 Å². The Morgan fingerprint density at radius 3 is 2.50 bits per heavy atom. The molecule has 0 saturated carbocycles. The molecule has 9 heteroatoms. The first-order chi connectivity index (χ1) is 12.0. The highest BCUT2D eigenvalue weighted by Gasteiger charge is 2.74. The minimum atomic E-state index is -1.74. The van der Waals surface area contributed by atoms with E-state index >= 15 is 0 Å². The van der Waals surface area contributed by atoms with Gasteiger partial charge in [-0.25, -0.2) is 4.79 Å². The van der Waals surface area contributed by atoms with Crippen molar-refractivity contribution in [2.75, 3.05) is 0 Å². The molecule has 26 heavy (non-hydrogen) atoms. The molecule has 1 aromatic carbocycles. The van der Waals surface area contributed by atoms with Gasteiger partial charge in [0.15, 0.2) is 5.78 Å². The average Bonchev–Trinajstić information content (AvgIpc) is 2.80. The smallest absolute Gasteiger partial charge is 0.327 e. The molecule has 0 aromatic heterocycles. The van der Waals surface area contributed by atoms with E-state index in [1.54, 1.807) is 38.1 Å². The van der Waals surface area contributed by atoms with Crippen LogP contribution in [-0.4, -0.2) is 55.3 Å². The first kappa shape index (κ1) is 18.9. The molecule has 3 rings (SSSR count). The van der Waals surface area contributed by atoms with Crippen molar-refractivity contribution in [1.29, 1.82) is 0 Å². The molecule has 1 aromatic rings. The Morgan fingerprint density at radius 2 is 1.96 bits per heavy atom. The Bertz CT molecular complexity index is 842. The van der Waals surface area contributed by atoms with E-state index in [1.165, 1.54) is 23.6 Å². The molecule has 2 N–H and O–H groups in total. The van der Waals surface area contributed by atoms with Gasteiger partial charge in [0, 0.05) is 14.8 Å². The zero-order chi connectivity index (χ0) is 19.4. The van der Waals surface area contributed by atoms with Crippen molar-refractivity contribution in [3.63, 3.8) is 0 Å². The molecule has 2 amide bonds. The maximum absolute atomic E-state index is 12.8. The normalized spacial score (nSPS) is 28.9. The third-order valence-corrected chi connectivity index (χ3v) is 6.86. The predicted octanol–water partition coefficient (Wildman–Crippen LogP) is 1.65. The fourth-order valence-electron chi connectivity index (χ4n) is 3.47. The van der Waals surface area contributed by atoms with Crippen LogP contribution in [0.4, 0.5) is 0 Å². The quantitative estimate of drug-likeness (QED) is 0.544. The van der Waals surface area contributed by atoms with Gasteiger partial charge in [0.2, 0.25) is 5.54 Å². The van der Waals surface area contributed by atoms with Crippen LogP contribution >= 0.6 is 27.7 Å². The fraction of sp³-hybridized carbons (Fsp3) is 0.412. The van der Waals surface area contributed by atoms with Crippen molar-refractivity contribution in [3.8, 4) is 0 Å². The number of fused-ring (bicyclic) bond motifs is 1. The summed E-state index contributed by atoms with van der Waals surface area (Å²) in [6, 6.07) is 5.51. The number of carboxylic acid groups (broad SMARTS) is 1. The summed E-state index contributed by atoms with van der Waals surface area (Å²) in [6.07, 6.45) is 0. The van der Waals surface area contributed by atoms with Gasteiger partial charge < -0.3 is 15.3 Å². The Hall–Kier alpha value is -1.87.